The van der Waals surface area contributed by atoms with E-state index >= 15 is 0 Å². The van der Waals surface area contributed by atoms with Crippen molar-refractivity contribution in [1.29, 1.82) is 0 Å². The summed E-state index contributed by atoms with van der Waals surface area (Å²) in [5.74, 6) is 2.92. The van der Waals surface area contributed by atoms with Crippen LogP contribution in [0.2, 0.25) is 0 Å². The average molecular weight is 497 g/mol. The van der Waals surface area contributed by atoms with Crippen LogP contribution in [0, 0.1) is 11.8 Å². The molecule has 3 N–H and O–H groups in total. The number of ether oxygens (including phenoxy) is 2. The van der Waals surface area contributed by atoms with Crippen LogP contribution in [0.1, 0.15) is 47.4 Å². The molecule has 5 heterocycles. The van der Waals surface area contributed by atoms with Crippen LogP contribution in [0.5, 0.6) is 11.5 Å². The topological polar surface area (TPSA) is 65.3 Å². The van der Waals surface area contributed by atoms with E-state index in [-0.39, 0.29) is 0 Å². The lowest BCUT2D eigenvalue weighted by molar-refractivity contribution is 0.0623. The van der Waals surface area contributed by atoms with Crippen LogP contribution >= 0.6 is 0 Å². The molecule has 3 aliphatic rings. The third kappa shape index (κ3) is 3.69. The molecule has 6 nitrogen and oxygen atoms in total. The van der Waals surface area contributed by atoms with Gasteiger partial charge in [0.2, 0.25) is 0 Å². The van der Waals surface area contributed by atoms with Crippen LogP contribution in [0.15, 0.2) is 49.1 Å². The van der Waals surface area contributed by atoms with Crippen molar-refractivity contribution in [2.45, 2.75) is 37.8 Å². The number of H-pyrrole nitrogens is 2. The van der Waals surface area contributed by atoms with E-state index in [1.807, 2.05) is 6.07 Å². The van der Waals surface area contributed by atoms with Gasteiger partial charge >= 0.3 is 0 Å². The van der Waals surface area contributed by atoms with E-state index in [4.69, 9.17) is 9.47 Å². The molecule has 0 spiro atoms. The predicted molar refractivity (Wildman–Crippen MR) is 149 cm³/mol. The van der Waals surface area contributed by atoms with Crippen LogP contribution < -0.4 is 14.8 Å². The fourth-order valence-corrected chi connectivity index (χ4v) is 7.35. The summed E-state index contributed by atoms with van der Waals surface area (Å²) in [7, 11) is 3.49. The summed E-state index contributed by atoms with van der Waals surface area (Å²) in [5, 5.41) is 6.48. The van der Waals surface area contributed by atoms with E-state index in [0.717, 1.165) is 56.8 Å². The fourth-order valence-electron chi connectivity index (χ4n) is 7.35. The van der Waals surface area contributed by atoms with Crippen molar-refractivity contribution in [2.75, 3.05) is 33.9 Å². The fraction of sp³-hybridized carbons (Fsp3) is 0.419. The summed E-state index contributed by atoms with van der Waals surface area (Å²) < 4.78 is 11.0. The third-order valence-corrected chi connectivity index (χ3v) is 9.25. The number of hydrogen-bond donors (Lipinski definition) is 3. The summed E-state index contributed by atoms with van der Waals surface area (Å²) in [5.41, 5.74) is 8.14. The molecule has 7 rings (SSSR count). The molecule has 0 amide bonds. The van der Waals surface area contributed by atoms with Gasteiger partial charge in [0.05, 0.1) is 20.3 Å². The van der Waals surface area contributed by atoms with E-state index in [0.29, 0.717) is 23.9 Å². The first kappa shape index (κ1) is 22.9. The van der Waals surface area contributed by atoms with Gasteiger partial charge in [-0.3, -0.25) is 4.90 Å². The Morgan fingerprint density at radius 3 is 2.30 bits per heavy atom. The summed E-state index contributed by atoms with van der Waals surface area (Å²) in [6, 6.07) is 13.6. The molecular formula is C31H36N4O2. The maximum Gasteiger partial charge on any atom is 0.119 e. The second-order valence-electron chi connectivity index (χ2n) is 11.0. The molecule has 4 aromatic rings. The number of methoxy groups -OCH3 is 2. The molecule has 2 aromatic heterocycles. The first-order valence-electron chi connectivity index (χ1n) is 13.6. The number of rotatable bonds is 5. The molecule has 0 bridgehead atoms. The molecule has 6 heteroatoms. The predicted octanol–water partition coefficient (Wildman–Crippen LogP) is 5.66. The molecule has 0 unspecified atom stereocenters. The van der Waals surface area contributed by atoms with Crippen LogP contribution in [0.4, 0.5) is 0 Å². The molecule has 0 radical (unpaired) electrons. The highest BCUT2D eigenvalue weighted by Gasteiger charge is 2.40. The Labute approximate surface area is 218 Å². The Balaban J connectivity index is 1.20. The summed E-state index contributed by atoms with van der Waals surface area (Å²) in [6.07, 6.45) is 6.61. The molecule has 37 heavy (non-hydrogen) atoms. The summed E-state index contributed by atoms with van der Waals surface area (Å²) in [4.78, 5) is 10.3. The maximum absolute atomic E-state index is 5.53. The highest BCUT2D eigenvalue weighted by atomic mass is 16.5. The molecule has 0 aliphatic carbocycles. The Morgan fingerprint density at radius 1 is 0.946 bits per heavy atom. The molecule has 0 saturated carbocycles. The highest BCUT2D eigenvalue weighted by molar-refractivity contribution is 5.87. The largest absolute Gasteiger partial charge is 0.497 e. The van der Waals surface area contributed by atoms with Gasteiger partial charge in [-0.25, -0.2) is 0 Å². The minimum Gasteiger partial charge on any atom is -0.497 e. The number of hydrogen-bond acceptors (Lipinski definition) is 4. The maximum atomic E-state index is 5.53. The van der Waals surface area contributed by atoms with Crippen LogP contribution in [-0.2, 0) is 12.8 Å². The Morgan fingerprint density at radius 2 is 1.62 bits per heavy atom. The molecule has 3 aliphatic heterocycles. The summed E-state index contributed by atoms with van der Waals surface area (Å²) >= 11 is 0. The minimum atomic E-state index is 0.330. The number of aromatic amines is 2. The zero-order chi connectivity index (χ0) is 25.1. The van der Waals surface area contributed by atoms with E-state index < -0.39 is 0 Å². The van der Waals surface area contributed by atoms with E-state index in [1.165, 1.54) is 44.3 Å². The van der Waals surface area contributed by atoms with Crippen molar-refractivity contribution in [2.24, 2.45) is 11.8 Å². The van der Waals surface area contributed by atoms with Gasteiger partial charge in [0, 0.05) is 52.3 Å². The minimum absolute atomic E-state index is 0.330. The number of aromatic nitrogens is 2. The van der Waals surface area contributed by atoms with Gasteiger partial charge in [-0.1, -0.05) is 6.08 Å². The summed E-state index contributed by atoms with van der Waals surface area (Å²) in [6.45, 7) is 7.47. The van der Waals surface area contributed by atoms with Crippen molar-refractivity contribution in [3.05, 3.63) is 71.6 Å². The quantitative estimate of drug-likeness (QED) is 0.312. The Kier molecular flexibility index (Phi) is 5.56. The van der Waals surface area contributed by atoms with Gasteiger partial charge in [-0.05, 0) is 91.6 Å². The zero-order valence-corrected chi connectivity index (χ0v) is 21.8. The third-order valence-electron chi connectivity index (χ3n) is 9.25. The Hall–Kier alpha value is -3.22. The lowest BCUT2D eigenvalue weighted by Crippen LogP contribution is -2.46. The number of benzene rings is 2. The van der Waals surface area contributed by atoms with Crippen molar-refractivity contribution in [1.82, 2.24) is 20.2 Å². The smallest absolute Gasteiger partial charge is 0.119 e. The van der Waals surface area contributed by atoms with Gasteiger partial charge in [0.1, 0.15) is 11.5 Å². The second kappa shape index (κ2) is 8.96. The van der Waals surface area contributed by atoms with Gasteiger partial charge in [0.15, 0.2) is 0 Å². The van der Waals surface area contributed by atoms with Gasteiger partial charge in [-0.15, -0.1) is 6.58 Å². The second-order valence-corrected chi connectivity index (χ2v) is 11.0. The Bertz CT molecular complexity index is 1480. The lowest BCUT2D eigenvalue weighted by atomic mass is 9.75. The number of nitrogens with one attached hydrogen (secondary N) is 3. The van der Waals surface area contributed by atoms with Crippen LogP contribution in [-0.4, -0.2) is 48.7 Å². The zero-order valence-electron chi connectivity index (χ0n) is 21.8. The van der Waals surface area contributed by atoms with Crippen LogP contribution in [0.3, 0.4) is 0 Å². The molecule has 1 fully saturated rings. The van der Waals surface area contributed by atoms with Crippen molar-refractivity contribution in [3.8, 4) is 11.5 Å². The monoisotopic (exact) mass is 496 g/mol. The molecular weight excluding hydrogens is 460 g/mol. The highest BCUT2D eigenvalue weighted by Crippen LogP contribution is 2.46. The average Bonchev–Trinajstić information content (AvgIpc) is 3.51. The SMILES string of the molecule is C=C[C@H]1CN2CCc3c([nH]c4ccc(OC)cc34)[C@H]2C[C@@H]1C[C@H]1NCCc2c1[nH]c1ccc(OC)cc21. The molecule has 4 atom stereocenters. The molecule has 2 aromatic carbocycles. The standard InChI is InChI=1S/C31H36N4O2/c1-4-18-17-35-12-10-23-25-16-21(37-3)6-8-27(25)34-31(23)29(35)14-19(18)13-28-30-22(9-11-32-28)24-15-20(36-2)5-7-26(24)33-30/h4-8,15-16,18-19,28-29,32-34H,1,9-14,17H2,2-3H3/t18-,19-,28+,29+/m0/s1. The van der Waals surface area contributed by atoms with Crippen molar-refractivity contribution >= 4 is 21.8 Å². The van der Waals surface area contributed by atoms with Crippen molar-refractivity contribution < 1.29 is 9.47 Å². The van der Waals surface area contributed by atoms with E-state index in [1.54, 1.807) is 14.2 Å². The number of nitrogens with zero attached hydrogens (tertiary/aromatic N) is 1. The molecule has 192 valence electrons. The first-order chi connectivity index (χ1) is 18.2. The van der Waals surface area contributed by atoms with E-state index in [2.05, 4.69) is 63.2 Å². The van der Waals surface area contributed by atoms with Crippen LogP contribution in [0.25, 0.3) is 21.8 Å². The van der Waals surface area contributed by atoms with Gasteiger partial charge < -0.3 is 24.8 Å². The number of fused-ring (bicyclic) bond motifs is 8. The van der Waals surface area contributed by atoms with Gasteiger partial charge in [0.25, 0.3) is 0 Å². The van der Waals surface area contributed by atoms with Crippen molar-refractivity contribution in [3.63, 3.8) is 0 Å². The lowest BCUT2D eigenvalue weighted by Gasteiger charge is -2.46. The van der Waals surface area contributed by atoms with Gasteiger partial charge in [-0.2, -0.15) is 0 Å². The van der Waals surface area contributed by atoms with E-state index in [9.17, 15) is 0 Å². The number of piperidine rings is 1. The first-order valence-corrected chi connectivity index (χ1v) is 13.6. The normalized spacial score (nSPS) is 25.5. The molecule has 1 saturated heterocycles.